The second kappa shape index (κ2) is 8.86. The Bertz CT molecular complexity index is 571. The SMILES string of the molecule is CCCC1CCCCN1C.O=S(=O)([N-]S(=O)(=O)C(F)(F)F)C(F)(F)F. The molecule has 0 aliphatic carbocycles. The molecule has 1 aliphatic rings. The molecular formula is C11H19F6N2O4S2-. The highest BCUT2D eigenvalue weighted by atomic mass is 32.3. The molecule has 1 fully saturated rings. The van der Waals surface area contributed by atoms with Crippen molar-refractivity contribution >= 4 is 20.0 Å². The second-order valence-corrected chi connectivity index (χ2v) is 8.76. The number of nitrogens with zero attached hydrogens (tertiary/aromatic N) is 2. The summed E-state index contributed by atoms with van der Waals surface area (Å²) in [5.74, 6) is 0. The smallest absolute Gasteiger partial charge is 0.421 e. The van der Waals surface area contributed by atoms with E-state index >= 15 is 0 Å². The zero-order valence-corrected chi connectivity index (χ0v) is 15.1. The van der Waals surface area contributed by atoms with E-state index in [9.17, 15) is 43.2 Å². The van der Waals surface area contributed by atoms with Crippen molar-refractivity contribution in [2.75, 3.05) is 13.6 Å². The molecule has 0 spiro atoms. The van der Waals surface area contributed by atoms with Gasteiger partial charge in [-0.05, 0) is 32.9 Å². The minimum atomic E-state index is -6.72. The van der Waals surface area contributed by atoms with Gasteiger partial charge in [-0.15, -0.1) is 0 Å². The molecular weight excluding hydrogens is 402 g/mol. The monoisotopic (exact) mass is 421 g/mol. The highest BCUT2D eigenvalue weighted by Gasteiger charge is 2.46. The Morgan fingerprint density at radius 1 is 0.960 bits per heavy atom. The highest BCUT2D eigenvalue weighted by molar-refractivity contribution is 8.13. The largest absolute Gasteiger partial charge is 0.480 e. The summed E-state index contributed by atoms with van der Waals surface area (Å²) in [5, 5.41) is 0. The van der Waals surface area contributed by atoms with Crippen LogP contribution in [0.15, 0.2) is 0 Å². The van der Waals surface area contributed by atoms with Crippen LogP contribution in [0.2, 0.25) is 0 Å². The van der Waals surface area contributed by atoms with E-state index < -0.39 is 31.1 Å². The van der Waals surface area contributed by atoms with Gasteiger partial charge in [-0.1, -0.05) is 19.8 Å². The molecule has 14 heteroatoms. The number of halogens is 6. The molecule has 1 unspecified atom stereocenters. The van der Waals surface area contributed by atoms with Crippen LogP contribution in [0.1, 0.15) is 39.0 Å². The van der Waals surface area contributed by atoms with Gasteiger partial charge < -0.3 is 9.03 Å². The normalized spacial score (nSPS) is 20.7. The third kappa shape index (κ3) is 7.66. The Kier molecular flexibility index (Phi) is 8.65. The van der Waals surface area contributed by atoms with Crippen LogP contribution in [0.3, 0.4) is 0 Å². The van der Waals surface area contributed by atoms with Crippen molar-refractivity contribution in [1.29, 1.82) is 0 Å². The first-order chi connectivity index (χ1) is 11.0. The molecule has 152 valence electrons. The first-order valence-corrected chi connectivity index (χ1v) is 10.00. The summed E-state index contributed by atoms with van der Waals surface area (Å²) in [6, 6.07) is 0.902. The quantitative estimate of drug-likeness (QED) is 0.650. The van der Waals surface area contributed by atoms with Gasteiger partial charge in [-0.2, -0.15) is 26.3 Å². The standard InChI is InChI=1S/C9H19N.C2F6NO4S2/c1-3-6-9-7-4-5-8-10(9)2;3-1(4,5)14(10,11)9-15(12,13)2(6,7)8/h9H,3-8H2,1-2H3;/q;-1. The minimum absolute atomic E-state index is 0.778. The number of sulfonamides is 2. The first kappa shape index (κ1) is 24.4. The number of hydrogen-bond donors (Lipinski definition) is 0. The van der Waals surface area contributed by atoms with Crippen molar-refractivity contribution in [1.82, 2.24) is 4.90 Å². The summed E-state index contributed by atoms with van der Waals surface area (Å²) in [4.78, 5) is 2.52. The molecule has 1 atom stereocenters. The van der Waals surface area contributed by atoms with Crippen molar-refractivity contribution in [3.63, 3.8) is 0 Å². The fourth-order valence-electron chi connectivity index (χ4n) is 2.06. The minimum Gasteiger partial charge on any atom is -0.421 e. The molecule has 0 radical (unpaired) electrons. The van der Waals surface area contributed by atoms with Gasteiger partial charge in [0.1, 0.15) is 0 Å². The van der Waals surface area contributed by atoms with E-state index in [-0.39, 0.29) is 0 Å². The summed E-state index contributed by atoms with van der Waals surface area (Å²) in [7, 11) is -11.2. The van der Waals surface area contributed by atoms with Crippen LogP contribution in [0, 0.1) is 0 Å². The Balaban J connectivity index is 0.000000496. The molecule has 25 heavy (non-hydrogen) atoms. The zero-order valence-electron chi connectivity index (χ0n) is 13.4. The molecule has 0 saturated carbocycles. The fourth-order valence-corrected chi connectivity index (χ4v) is 3.77. The molecule has 0 aromatic carbocycles. The number of hydrogen-bond acceptors (Lipinski definition) is 5. The van der Waals surface area contributed by atoms with E-state index in [0.717, 1.165) is 10.2 Å². The Morgan fingerprint density at radius 3 is 1.72 bits per heavy atom. The van der Waals surface area contributed by atoms with Gasteiger partial charge in [0, 0.05) is 6.04 Å². The fraction of sp³-hybridized carbons (Fsp3) is 1.00. The van der Waals surface area contributed by atoms with Crippen LogP contribution in [-0.2, 0) is 20.0 Å². The molecule has 1 saturated heterocycles. The van der Waals surface area contributed by atoms with E-state index in [4.69, 9.17) is 0 Å². The third-order valence-electron chi connectivity index (χ3n) is 3.32. The molecule has 0 amide bonds. The van der Waals surface area contributed by atoms with Crippen molar-refractivity contribution in [2.45, 2.75) is 56.1 Å². The van der Waals surface area contributed by atoms with E-state index in [1.807, 2.05) is 0 Å². The lowest BCUT2D eigenvalue weighted by molar-refractivity contribution is -0.0444. The summed E-state index contributed by atoms with van der Waals surface area (Å²) in [5.41, 5.74) is -12.4. The van der Waals surface area contributed by atoms with Crippen molar-refractivity contribution in [2.24, 2.45) is 0 Å². The van der Waals surface area contributed by atoms with E-state index in [2.05, 4.69) is 18.9 Å². The lowest BCUT2D eigenvalue weighted by Crippen LogP contribution is -2.35. The lowest BCUT2D eigenvalue weighted by atomic mass is 9.99. The molecule has 1 heterocycles. The van der Waals surface area contributed by atoms with Gasteiger partial charge >= 0.3 is 11.0 Å². The van der Waals surface area contributed by atoms with Crippen LogP contribution in [-0.4, -0.2) is 52.4 Å². The van der Waals surface area contributed by atoms with Crippen molar-refractivity contribution < 1.29 is 43.2 Å². The first-order valence-electron chi connectivity index (χ1n) is 7.12. The van der Waals surface area contributed by atoms with Crippen LogP contribution in [0.25, 0.3) is 4.13 Å². The Hall–Kier alpha value is -0.600. The lowest BCUT2D eigenvalue weighted by Gasteiger charge is -2.32. The average Bonchev–Trinajstić information content (AvgIpc) is 2.38. The summed E-state index contributed by atoms with van der Waals surface area (Å²) < 4.78 is 109. The predicted octanol–water partition coefficient (Wildman–Crippen LogP) is 3.33. The average molecular weight is 421 g/mol. The molecule has 0 N–H and O–H groups in total. The topological polar surface area (TPSA) is 85.6 Å². The van der Waals surface area contributed by atoms with Crippen LogP contribution < -0.4 is 0 Å². The van der Waals surface area contributed by atoms with Gasteiger partial charge in [0.05, 0.1) is 0 Å². The molecule has 1 rings (SSSR count). The molecule has 6 nitrogen and oxygen atoms in total. The maximum atomic E-state index is 11.4. The summed E-state index contributed by atoms with van der Waals surface area (Å²) in [6.07, 6.45) is 7.04. The molecule has 0 bridgehead atoms. The summed E-state index contributed by atoms with van der Waals surface area (Å²) >= 11 is 0. The maximum Gasteiger partial charge on any atom is 0.480 e. The Labute approximate surface area is 142 Å². The van der Waals surface area contributed by atoms with Crippen molar-refractivity contribution in [3.05, 3.63) is 4.13 Å². The van der Waals surface area contributed by atoms with Crippen LogP contribution in [0.5, 0.6) is 0 Å². The number of likely N-dealkylation sites (tertiary alicyclic amines) is 1. The summed E-state index contributed by atoms with van der Waals surface area (Å²) in [6.45, 7) is 3.60. The molecule has 1 aliphatic heterocycles. The second-order valence-electron chi connectivity index (χ2n) is 5.34. The molecule has 0 aromatic rings. The van der Waals surface area contributed by atoms with Crippen LogP contribution >= 0.6 is 0 Å². The number of piperidine rings is 1. The van der Waals surface area contributed by atoms with Gasteiger partial charge in [0.2, 0.25) is 0 Å². The third-order valence-corrected chi connectivity index (χ3v) is 6.06. The van der Waals surface area contributed by atoms with Gasteiger partial charge in [-0.3, -0.25) is 0 Å². The zero-order chi connectivity index (χ0) is 20.1. The van der Waals surface area contributed by atoms with E-state index in [1.54, 1.807) is 0 Å². The highest BCUT2D eigenvalue weighted by Crippen LogP contribution is 2.36. The predicted molar refractivity (Wildman–Crippen MR) is 78.5 cm³/mol. The maximum absolute atomic E-state index is 11.4. The van der Waals surface area contributed by atoms with Crippen LogP contribution in [0.4, 0.5) is 26.3 Å². The van der Waals surface area contributed by atoms with Gasteiger partial charge in [-0.25, -0.2) is 16.8 Å². The van der Waals surface area contributed by atoms with E-state index in [0.29, 0.717) is 0 Å². The van der Waals surface area contributed by atoms with Gasteiger partial charge in [0.15, 0.2) is 20.0 Å². The van der Waals surface area contributed by atoms with Gasteiger partial charge in [0.25, 0.3) is 0 Å². The number of rotatable bonds is 4. The Morgan fingerprint density at radius 2 is 1.40 bits per heavy atom. The molecule has 0 aromatic heterocycles. The van der Waals surface area contributed by atoms with E-state index in [1.165, 1.54) is 38.6 Å². The number of alkyl halides is 6. The van der Waals surface area contributed by atoms with Crippen molar-refractivity contribution in [3.8, 4) is 0 Å².